The Morgan fingerprint density at radius 2 is 1.19 bits per heavy atom. The fourth-order valence-corrected chi connectivity index (χ4v) is 3.45. The summed E-state index contributed by atoms with van der Waals surface area (Å²) in [5.41, 5.74) is 0. The molecule has 0 heterocycles. The van der Waals surface area contributed by atoms with Crippen LogP contribution in [0.1, 0.15) is 123 Å². The molecule has 4 heteroatoms. The lowest BCUT2D eigenvalue weighted by molar-refractivity contribution is -0.123. The van der Waals surface area contributed by atoms with Crippen LogP contribution in [0.25, 0.3) is 0 Å². The molecule has 0 bridgehead atoms. The van der Waals surface area contributed by atoms with Crippen LogP contribution in [-0.2, 0) is 4.79 Å². The second-order valence-electron chi connectivity index (χ2n) is 8.06. The fraction of sp³-hybridized carbons (Fsp3) is 0.957. The minimum atomic E-state index is -0.645. The molecule has 2 atom stereocenters. The molecule has 0 unspecified atom stereocenters. The number of nitrogens with one attached hydrogen (secondary N) is 1. The molecule has 0 aromatic carbocycles. The van der Waals surface area contributed by atoms with Crippen LogP contribution in [0.3, 0.4) is 0 Å². The van der Waals surface area contributed by atoms with E-state index >= 15 is 0 Å². The summed E-state index contributed by atoms with van der Waals surface area (Å²) in [7, 11) is 0. The van der Waals surface area contributed by atoms with E-state index in [2.05, 4.69) is 12.2 Å². The normalized spacial score (nSPS) is 13.5. The van der Waals surface area contributed by atoms with E-state index in [0.717, 1.165) is 25.7 Å². The van der Waals surface area contributed by atoms with Gasteiger partial charge in [-0.15, -0.1) is 0 Å². The summed E-state index contributed by atoms with van der Waals surface area (Å²) >= 11 is 0. The molecular formula is C23H47NO3. The van der Waals surface area contributed by atoms with E-state index < -0.39 is 12.1 Å². The topological polar surface area (TPSA) is 69.6 Å². The molecule has 0 aliphatic heterocycles. The average Bonchev–Trinajstić information content (AvgIpc) is 2.67. The third-order valence-corrected chi connectivity index (χ3v) is 5.37. The summed E-state index contributed by atoms with van der Waals surface area (Å²) in [6.45, 7) is 4.11. The van der Waals surface area contributed by atoms with Crippen LogP contribution in [0.15, 0.2) is 0 Å². The number of carbonyl (C=O) groups is 1. The van der Waals surface area contributed by atoms with Crippen molar-refractivity contribution in [2.24, 2.45) is 0 Å². The van der Waals surface area contributed by atoms with Gasteiger partial charge in [0, 0.05) is 6.42 Å². The van der Waals surface area contributed by atoms with Gasteiger partial charge in [-0.1, -0.05) is 104 Å². The highest BCUT2D eigenvalue weighted by Gasteiger charge is 2.19. The van der Waals surface area contributed by atoms with Crippen LogP contribution in [-0.4, -0.2) is 34.9 Å². The summed E-state index contributed by atoms with van der Waals surface area (Å²) in [4.78, 5) is 11.7. The second-order valence-corrected chi connectivity index (χ2v) is 8.06. The van der Waals surface area contributed by atoms with Crippen molar-refractivity contribution in [2.75, 3.05) is 6.61 Å². The van der Waals surface area contributed by atoms with Crippen molar-refractivity contribution in [2.45, 2.75) is 135 Å². The number of carbonyl (C=O) groups excluding carboxylic acids is 1. The Morgan fingerprint density at radius 3 is 1.63 bits per heavy atom. The van der Waals surface area contributed by atoms with Gasteiger partial charge in [0.25, 0.3) is 0 Å². The predicted molar refractivity (Wildman–Crippen MR) is 115 cm³/mol. The van der Waals surface area contributed by atoms with Crippen LogP contribution in [0.5, 0.6) is 0 Å². The molecule has 0 aromatic rings. The van der Waals surface area contributed by atoms with Crippen LogP contribution in [0, 0.1) is 0 Å². The molecule has 1 amide bonds. The van der Waals surface area contributed by atoms with Gasteiger partial charge in [-0.2, -0.15) is 0 Å². The van der Waals surface area contributed by atoms with Crippen molar-refractivity contribution >= 4 is 5.91 Å². The molecular weight excluding hydrogens is 338 g/mol. The van der Waals surface area contributed by atoms with Crippen molar-refractivity contribution in [3.63, 3.8) is 0 Å². The molecule has 0 fully saturated rings. The molecule has 0 spiro atoms. The lowest BCUT2D eigenvalue weighted by Gasteiger charge is -2.22. The molecule has 0 aliphatic carbocycles. The van der Waals surface area contributed by atoms with Crippen molar-refractivity contribution in [3.05, 3.63) is 0 Å². The fourth-order valence-electron chi connectivity index (χ4n) is 3.45. The lowest BCUT2D eigenvalue weighted by Crippen LogP contribution is -2.45. The third-order valence-electron chi connectivity index (χ3n) is 5.37. The molecule has 4 nitrogen and oxygen atoms in total. The Labute approximate surface area is 168 Å². The van der Waals surface area contributed by atoms with Crippen molar-refractivity contribution in [3.8, 4) is 0 Å². The van der Waals surface area contributed by atoms with Gasteiger partial charge in [-0.05, 0) is 12.8 Å². The van der Waals surface area contributed by atoms with Gasteiger partial charge in [0.2, 0.25) is 5.91 Å². The van der Waals surface area contributed by atoms with E-state index in [1.165, 1.54) is 70.6 Å². The summed E-state index contributed by atoms with van der Waals surface area (Å²) in [5.74, 6) is -0.0692. The highest BCUT2D eigenvalue weighted by molar-refractivity contribution is 5.76. The molecule has 0 saturated carbocycles. The van der Waals surface area contributed by atoms with Crippen LogP contribution in [0.4, 0.5) is 0 Å². The zero-order valence-corrected chi connectivity index (χ0v) is 18.2. The molecule has 0 aliphatic rings. The van der Waals surface area contributed by atoms with Gasteiger partial charge in [0.15, 0.2) is 0 Å². The monoisotopic (exact) mass is 385 g/mol. The Kier molecular flexibility index (Phi) is 19.7. The van der Waals surface area contributed by atoms with Crippen LogP contribution in [0.2, 0.25) is 0 Å². The van der Waals surface area contributed by atoms with Crippen molar-refractivity contribution in [1.29, 1.82) is 0 Å². The zero-order chi connectivity index (χ0) is 20.2. The number of hydrogen-bond acceptors (Lipinski definition) is 3. The van der Waals surface area contributed by atoms with Gasteiger partial charge in [0.05, 0.1) is 18.8 Å². The Bertz CT molecular complexity index is 323. The van der Waals surface area contributed by atoms with E-state index in [-0.39, 0.29) is 12.5 Å². The van der Waals surface area contributed by atoms with E-state index in [0.29, 0.717) is 12.8 Å². The number of unbranched alkanes of at least 4 members (excludes halogenated alkanes) is 13. The predicted octanol–water partition coefficient (Wildman–Crippen LogP) is 5.50. The summed E-state index contributed by atoms with van der Waals surface area (Å²) < 4.78 is 0. The second kappa shape index (κ2) is 20.1. The minimum absolute atomic E-state index is 0.0692. The summed E-state index contributed by atoms with van der Waals surface area (Å²) in [6, 6.07) is -0.522. The van der Waals surface area contributed by atoms with Gasteiger partial charge in [-0.3, -0.25) is 4.79 Å². The Balaban J connectivity index is 3.50. The van der Waals surface area contributed by atoms with E-state index in [9.17, 15) is 15.0 Å². The maximum Gasteiger partial charge on any atom is 0.220 e. The van der Waals surface area contributed by atoms with Crippen LogP contribution < -0.4 is 5.32 Å². The number of rotatable bonds is 20. The number of amides is 1. The Morgan fingerprint density at radius 1 is 0.741 bits per heavy atom. The quantitative estimate of drug-likeness (QED) is 0.242. The van der Waals surface area contributed by atoms with E-state index in [1.807, 2.05) is 6.92 Å². The summed E-state index contributed by atoms with van der Waals surface area (Å²) in [5, 5.41) is 22.3. The molecule has 162 valence electrons. The first-order valence-corrected chi connectivity index (χ1v) is 11.7. The summed E-state index contributed by atoms with van der Waals surface area (Å²) in [6.07, 6.45) is 19.2. The maximum absolute atomic E-state index is 11.7. The van der Waals surface area contributed by atoms with E-state index in [4.69, 9.17) is 0 Å². The minimum Gasteiger partial charge on any atom is -0.394 e. The first-order valence-electron chi connectivity index (χ1n) is 11.7. The zero-order valence-electron chi connectivity index (χ0n) is 18.2. The van der Waals surface area contributed by atoms with Gasteiger partial charge >= 0.3 is 0 Å². The number of aliphatic hydroxyl groups is 2. The highest BCUT2D eigenvalue weighted by Crippen LogP contribution is 2.14. The number of hydrogen-bond donors (Lipinski definition) is 3. The first-order chi connectivity index (χ1) is 13.2. The SMILES string of the molecule is CCCCCCCCCCCCCCC[C@@H](O)[C@H](CO)NC(=O)CCCC. The third kappa shape index (κ3) is 17.2. The van der Waals surface area contributed by atoms with Gasteiger partial charge in [0.1, 0.15) is 0 Å². The maximum atomic E-state index is 11.7. The van der Waals surface area contributed by atoms with E-state index in [1.54, 1.807) is 0 Å². The lowest BCUT2D eigenvalue weighted by atomic mass is 10.0. The smallest absolute Gasteiger partial charge is 0.220 e. The van der Waals surface area contributed by atoms with Crippen molar-refractivity contribution < 1.29 is 15.0 Å². The first kappa shape index (κ1) is 26.4. The van der Waals surface area contributed by atoms with Gasteiger partial charge in [-0.25, -0.2) is 0 Å². The standard InChI is InChI=1S/C23H47NO3/c1-3-5-7-8-9-10-11-12-13-14-15-16-17-18-22(26)21(20-25)24-23(27)19-6-4-2/h21-22,25-26H,3-20H2,1-2H3,(H,24,27)/t21-,22+/m0/s1. The van der Waals surface area contributed by atoms with Gasteiger partial charge < -0.3 is 15.5 Å². The van der Waals surface area contributed by atoms with Crippen molar-refractivity contribution in [1.82, 2.24) is 5.32 Å². The molecule has 0 aromatic heterocycles. The average molecular weight is 386 g/mol. The molecule has 0 radical (unpaired) electrons. The van der Waals surface area contributed by atoms with Crippen LogP contribution >= 0.6 is 0 Å². The molecule has 0 saturated heterocycles. The molecule has 27 heavy (non-hydrogen) atoms. The highest BCUT2D eigenvalue weighted by atomic mass is 16.3. The largest absolute Gasteiger partial charge is 0.394 e. The number of aliphatic hydroxyl groups excluding tert-OH is 2. The molecule has 3 N–H and O–H groups in total. The Hall–Kier alpha value is -0.610. The molecule has 0 rings (SSSR count).